The molecular formula is C37H37N5O4. The van der Waals surface area contributed by atoms with Gasteiger partial charge in [0, 0.05) is 21.5 Å². The number of benzene rings is 4. The monoisotopic (exact) mass is 615 g/mol. The predicted octanol–water partition coefficient (Wildman–Crippen LogP) is 6.67. The topological polar surface area (TPSA) is 106 Å². The number of aromatic nitrogens is 2. The highest BCUT2D eigenvalue weighted by Gasteiger charge is 2.26. The third-order valence-electron chi connectivity index (χ3n) is 8.55. The highest BCUT2D eigenvalue weighted by molar-refractivity contribution is 6.09. The van der Waals surface area contributed by atoms with Crippen LogP contribution in [-0.4, -0.2) is 60.3 Å². The van der Waals surface area contributed by atoms with Gasteiger partial charge in [-0.2, -0.15) is 0 Å². The predicted molar refractivity (Wildman–Crippen MR) is 182 cm³/mol. The fourth-order valence-corrected chi connectivity index (χ4v) is 6.07. The van der Waals surface area contributed by atoms with Crippen molar-refractivity contribution < 1.29 is 19.1 Å². The van der Waals surface area contributed by atoms with E-state index >= 15 is 0 Å². The molecule has 6 rings (SSSR count). The molecule has 6 aromatic rings. The van der Waals surface area contributed by atoms with Gasteiger partial charge in [0.05, 0.1) is 48.7 Å². The number of para-hydroxylation sites is 4. The number of methoxy groups -OCH3 is 2. The van der Waals surface area contributed by atoms with Crippen LogP contribution in [0.2, 0.25) is 0 Å². The van der Waals surface area contributed by atoms with Gasteiger partial charge in [-0.15, -0.1) is 0 Å². The summed E-state index contributed by atoms with van der Waals surface area (Å²) in [6.07, 6.45) is 0.514. The lowest BCUT2D eigenvalue weighted by Gasteiger charge is -2.35. The van der Waals surface area contributed by atoms with Crippen LogP contribution in [0.25, 0.3) is 43.6 Å². The lowest BCUT2D eigenvalue weighted by molar-refractivity contribution is 0.0701. The first-order valence-corrected chi connectivity index (χ1v) is 15.4. The normalized spacial score (nSPS) is 12.8. The first kappa shape index (κ1) is 30.7. The quantitative estimate of drug-likeness (QED) is 0.131. The fourth-order valence-electron chi connectivity index (χ4n) is 6.07. The lowest BCUT2D eigenvalue weighted by Crippen LogP contribution is -2.55. The molecule has 0 radical (unpaired) electrons. The third kappa shape index (κ3) is 5.65. The number of ether oxygens (including phenoxy) is 2. The van der Waals surface area contributed by atoms with Crippen LogP contribution in [0.4, 0.5) is 0 Å². The molecule has 0 spiro atoms. The van der Waals surface area contributed by atoms with E-state index in [1.807, 2.05) is 98.6 Å². The van der Waals surface area contributed by atoms with Crippen LogP contribution < -0.4 is 20.1 Å². The number of fused-ring (bicyclic) bond motifs is 4. The molecule has 0 saturated heterocycles. The summed E-state index contributed by atoms with van der Waals surface area (Å²) in [5.74, 6) is 0.810. The Morgan fingerprint density at radius 3 is 1.37 bits per heavy atom. The minimum Gasteiger partial charge on any atom is -0.494 e. The number of carbonyl (C=O) groups excluding carboxylic acids is 2. The molecule has 234 valence electrons. The van der Waals surface area contributed by atoms with Crippen molar-refractivity contribution in [3.8, 4) is 11.5 Å². The van der Waals surface area contributed by atoms with E-state index in [2.05, 4.69) is 10.6 Å². The maximum Gasteiger partial charge on any atom is 0.254 e. The average Bonchev–Trinajstić information content (AvgIpc) is 3.09. The molecule has 0 bridgehead atoms. The smallest absolute Gasteiger partial charge is 0.254 e. The number of nitrogens with one attached hydrogen (secondary N) is 2. The van der Waals surface area contributed by atoms with E-state index in [1.165, 1.54) is 0 Å². The summed E-state index contributed by atoms with van der Waals surface area (Å²) in [5, 5.41) is 9.96. The second-order valence-electron chi connectivity index (χ2n) is 11.3. The molecule has 9 heteroatoms. The Balaban J connectivity index is 1.25. The fraction of sp³-hybridized carbons (Fsp3) is 0.243. The van der Waals surface area contributed by atoms with Gasteiger partial charge in [-0.25, -0.2) is 9.97 Å². The summed E-state index contributed by atoms with van der Waals surface area (Å²) in [4.78, 5) is 39.2. The molecule has 9 nitrogen and oxygen atoms in total. The minimum atomic E-state index is -0.359. The third-order valence-corrected chi connectivity index (χ3v) is 8.55. The van der Waals surface area contributed by atoms with E-state index in [0.717, 1.165) is 21.5 Å². The van der Waals surface area contributed by atoms with Gasteiger partial charge in [-0.1, -0.05) is 62.4 Å². The van der Waals surface area contributed by atoms with E-state index in [4.69, 9.17) is 19.4 Å². The van der Waals surface area contributed by atoms with Crippen molar-refractivity contribution in [3.63, 3.8) is 0 Å². The van der Waals surface area contributed by atoms with Crippen molar-refractivity contribution in [2.75, 3.05) is 21.3 Å². The molecule has 0 fully saturated rings. The van der Waals surface area contributed by atoms with Gasteiger partial charge in [0.15, 0.2) is 0 Å². The summed E-state index contributed by atoms with van der Waals surface area (Å²) >= 11 is 0. The maximum absolute atomic E-state index is 13.8. The van der Waals surface area contributed by atoms with Gasteiger partial charge in [0.1, 0.15) is 22.5 Å². The number of hydrogen-bond donors (Lipinski definition) is 2. The second kappa shape index (κ2) is 13.0. The van der Waals surface area contributed by atoms with Gasteiger partial charge in [-0.3, -0.25) is 14.5 Å². The zero-order valence-electron chi connectivity index (χ0n) is 26.6. The zero-order valence-corrected chi connectivity index (χ0v) is 26.6. The zero-order chi connectivity index (χ0) is 32.4. The van der Waals surface area contributed by atoms with Crippen LogP contribution in [0.5, 0.6) is 11.5 Å². The van der Waals surface area contributed by atoms with Gasteiger partial charge in [-0.05, 0) is 56.3 Å². The lowest BCUT2D eigenvalue weighted by atomic mass is 10.1. The highest BCUT2D eigenvalue weighted by atomic mass is 16.5. The van der Waals surface area contributed by atoms with E-state index in [1.54, 1.807) is 26.4 Å². The summed E-state index contributed by atoms with van der Waals surface area (Å²) in [6, 6.07) is 26.7. The Morgan fingerprint density at radius 1 is 0.630 bits per heavy atom. The van der Waals surface area contributed by atoms with E-state index in [0.29, 0.717) is 57.5 Å². The Hall–Kier alpha value is -5.28. The first-order chi connectivity index (χ1) is 22.4. The summed E-state index contributed by atoms with van der Waals surface area (Å²) in [5.41, 5.74) is 3.54. The standard InChI is InChI=1S/C37H37N5O4/c1-6-30(38-36(43)26-16-8-12-22-20-24-14-10-18-28(45-4)34(24)40-32(22)26)42(3)31(7-2)39-37(44)27-17-9-13-23-21-25-15-11-19-29(46-5)35(25)41-33(23)27/h8-21,30-31H,6-7H2,1-5H3,(H,38,43)(H,39,44). The van der Waals surface area contributed by atoms with Gasteiger partial charge < -0.3 is 20.1 Å². The van der Waals surface area contributed by atoms with Crippen LogP contribution >= 0.6 is 0 Å². The molecule has 46 heavy (non-hydrogen) atoms. The number of amides is 2. The first-order valence-electron chi connectivity index (χ1n) is 15.4. The maximum atomic E-state index is 13.8. The van der Waals surface area contributed by atoms with E-state index in [9.17, 15) is 9.59 Å². The van der Waals surface area contributed by atoms with Crippen molar-refractivity contribution in [2.45, 2.75) is 39.0 Å². The molecule has 2 aromatic heterocycles. The molecule has 4 aromatic carbocycles. The molecule has 2 atom stereocenters. The van der Waals surface area contributed by atoms with Crippen molar-refractivity contribution in [3.05, 3.63) is 96.1 Å². The van der Waals surface area contributed by atoms with Crippen molar-refractivity contribution in [1.29, 1.82) is 0 Å². The SMILES string of the molecule is CCC(NC(=O)c1cccc2cc3cccc(OC)c3nc12)N(C)C(CC)NC(=O)c1cccc2cc3cccc(OC)c3nc12. The number of nitrogens with zero attached hydrogens (tertiary/aromatic N) is 3. The van der Waals surface area contributed by atoms with Crippen LogP contribution in [-0.2, 0) is 0 Å². The summed E-state index contributed by atoms with van der Waals surface area (Å²) < 4.78 is 11.1. The molecule has 2 unspecified atom stereocenters. The second-order valence-corrected chi connectivity index (χ2v) is 11.3. The Kier molecular flexibility index (Phi) is 8.68. The Labute approximate surface area is 267 Å². The summed E-state index contributed by atoms with van der Waals surface area (Å²) in [7, 11) is 5.13. The van der Waals surface area contributed by atoms with Crippen LogP contribution in [0.3, 0.4) is 0 Å². The number of hydrogen-bond acceptors (Lipinski definition) is 7. The average molecular weight is 616 g/mol. The van der Waals surface area contributed by atoms with Gasteiger partial charge in [0.2, 0.25) is 0 Å². The molecule has 0 aliphatic heterocycles. The van der Waals surface area contributed by atoms with Crippen LogP contribution in [0, 0.1) is 0 Å². The number of carbonyl (C=O) groups is 2. The molecule has 0 saturated carbocycles. The largest absolute Gasteiger partial charge is 0.494 e. The Morgan fingerprint density at radius 2 is 1.00 bits per heavy atom. The minimum absolute atomic E-state index is 0.244. The van der Waals surface area contributed by atoms with Gasteiger partial charge >= 0.3 is 0 Å². The van der Waals surface area contributed by atoms with Crippen molar-refractivity contribution >= 4 is 55.4 Å². The highest BCUT2D eigenvalue weighted by Crippen LogP contribution is 2.30. The molecular weight excluding hydrogens is 578 g/mol. The van der Waals surface area contributed by atoms with E-state index < -0.39 is 0 Å². The molecule has 0 aliphatic rings. The van der Waals surface area contributed by atoms with Crippen LogP contribution in [0.1, 0.15) is 47.4 Å². The molecule has 2 amide bonds. The van der Waals surface area contributed by atoms with E-state index in [-0.39, 0.29) is 24.1 Å². The van der Waals surface area contributed by atoms with Crippen molar-refractivity contribution in [1.82, 2.24) is 25.5 Å². The Bertz CT molecular complexity index is 1950. The molecule has 2 heterocycles. The molecule has 0 aliphatic carbocycles. The van der Waals surface area contributed by atoms with Gasteiger partial charge in [0.25, 0.3) is 11.8 Å². The number of pyridine rings is 2. The molecule has 2 N–H and O–H groups in total. The van der Waals surface area contributed by atoms with Crippen LogP contribution in [0.15, 0.2) is 84.9 Å². The van der Waals surface area contributed by atoms with Crippen molar-refractivity contribution in [2.24, 2.45) is 0 Å². The summed E-state index contributed by atoms with van der Waals surface area (Å²) in [6.45, 7) is 4.01. The number of rotatable bonds is 10.